The highest BCUT2D eigenvalue weighted by Crippen LogP contribution is 2.39. The highest BCUT2D eigenvalue weighted by atomic mass is 16.5. The van der Waals surface area contributed by atoms with Gasteiger partial charge < -0.3 is 14.5 Å². The van der Waals surface area contributed by atoms with Crippen molar-refractivity contribution in [3.8, 4) is 0 Å². The van der Waals surface area contributed by atoms with Gasteiger partial charge in [-0.25, -0.2) is 0 Å². The molecular weight excluding hydrogens is 368 g/mol. The molecule has 0 N–H and O–H groups in total. The second-order valence-electron chi connectivity index (χ2n) is 8.12. The summed E-state index contributed by atoms with van der Waals surface area (Å²) in [7, 11) is 1.41. The second-order valence-corrected chi connectivity index (χ2v) is 8.12. The highest BCUT2D eigenvalue weighted by molar-refractivity contribution is 5.90. The Morgan fingerprint density at radius 2 is 1.76 bits per heavy atom. The maximum Gasteiger partial charge on any atom is 0.309 e. The van der Waals surface area contributed by atoms with Crippen molar-refractivity contribution in [3.63, 3.8) is 0 Å². The monoisotopic (exact) mass is 398 g/mol. The van der Waals surface area contributed by atoms with E-state index in [4.69, 9.17) is 4.74 Å². The normalized spacial score (nSPS) is 23.9. The van der Waals surface area contributed by atoms with Crippen LogP contribution in [0.15, 0.2) is 43.0 Å². The van der Waals surface area contributed by atoms with E-state index >= 15 is 0 Å². The largest absolute Gasteiger partial charge is 0.469 e. The molecule has 0 bridgehead atoms. The molecule has 3 rings (SSSR count). The van der Waals surface area contributed by atoms with Gasteiger partial charge in [0.15, 0.2) is 0 Å². The topological polar surface area (TPSA) is 66.9 Å². The predicted octanol–water partition coefficient (Wildman–Crippen LogP) is 2.39. The quantitative estimate of drug-likeness (QED) is 0.577. The van der Waals surface area contributed by atoms with Crippen molar-refractivity contribution >= 4 is 17.8 Å². The molecule has 2 aliphatic rings. The van der Waals surface area contributed by atoms with E-state index < -0.39 is 5.41 Å². The van der Waals surface area contributed by atoms with E-state index in [2.05, 4.69) is 6.58 Å². The van der Waals surface area contributed by atoms with Gasteiger partial charge in [0.25, 0.3) is 0 Å². The maximum atomic E-state index is 13.8. The van der Waals surface area contributed by atoms with Gasteiger partial charge in [-0.3, -0.25) is 14.4 Å². The number of rotatable bonds is 4. The number of piperidine rings is 2. The molecule has 0 aliphatic carbocycles. The van der Waals surface area contributed by atoms with E-state index in [-0.39, 0.29) is 29.6 Å². The zero-order valence-corrected chi connectivity index (χ0v) is 17.3. The summed E-state index contributed by atoms with van der Waals surface area (Å²) in [6.07, 6.45) is 3.11. The van der Waals surface area contributed by atoms with Gasteiger partial charge in [0, 0.05) is 26.2 Å². The average Bonchev–Trinajstić information content (AvgIpc) is 2.78. The van der Waals surface area contributed by atoms with E-state index in [0.717, 1.165) is 5.56 Å². The summed E-state index contributed by atoms with van der Waals surface area (Å²) in [5, 5.41) is 0. The Bertz CT molecular complexity index is 768. The molecule has 2 atom stereocenters. The fraction of sp³-hybridized carbons (Fsp3) is 0.522. The summed E-state index contributed by atoms with van der Waals surface area (Å²) in [5.41, 5.74) is 0.357. The highest BCUT2D eigenvalue weighted by Gasteiger charge is 2.47. The van der Waals surface area contributed by atoms with Gasteiger partial charge in [-0.2, -0.15) is 0 Å². The van der Waals surface area contributed by atoms with Crippen molar-refractivity contribution in [2.24, 2.45) is 11.8 Å². The van der Waals surface area contributed by atoms with Crippen LogP contribution in [0.5, 0.6) is 0 Å². The number of likely N-dealkylation sites (tertiary alicyclic amines) is 2. The molecule has 6 heteroatoms. The minimum absolute atomic E-state index is 0.0513. The van der Waals surface area contributed by atoms with Gasteiger partial charge in [0.05, 0.1) is 18.4 Å². The minimum Gasteiger partial charge on any atom is -0.469 e. The van der Waals surface area contributed by atoms with Crippen LogP contribution in [0.1, 0.15) is 31.7 Å². The number of esters is 1. The third-order valence-corrected chi connectivity index (χ3v) is 6.54. The number of benzene rings is 1. The van der Waals surface area contributed by atoms with Crippen LogP contribution in [-0.2, 0) is 24.5 Å². The van der Waals surface area contributed by atoms with E-state index in [9.17, 15) is 14.4 Å². The summed E-state index contributed by atoms with van der Waals surface area (Å²) in [5.74, 6) is -0.297. The van der Waals surface area contributed by atoms with Gasteiger partial charge >= 0.3 is 5.97 Å². The van der Waals surface area contributed by atoms with Crippen LogP contribution < -0.4 is 0 Å². The number of hydrogen-bond donors (Lipinski definition) is 0. The fourth-order valence-electron chi connectivity index (χ4n) is 4.76. The second kappa shape index (κ2) is 8.80. The third-order valence-electron chi connectivity index (χ3n) is 6.54. The lowest BCUT2D eigenvalue weighted by atomic mass is 9.71. The Balaban J connectivity index is 1.83. The zero-order chi connectivity index (χ0) is 21.0. The Hall–Kier alpha value is -2.63. The first kappa shape index (κ1) is 21.1. The molecule has 29 heavy (non-hydrogen) atoms. The Morgan fingerprint density at radius 1 is 1.10 bits per heavy atom. The number of methoxy groups -OCH3 is 1. The van der Waals surface area contributed by atoms with E-state index in [1.165, 1.54) is 13.2 Å². The molecule has 0 spiro atoms. The van der Waals surface area contributed by atoms with Gasteiger partial charge in [-0.1, -0.05) is 43.8 Å². The SMILES string of the molecule is C=CC(=O)N1CCC(C(=O)N2CC[C@@H](C(=O)OC)[C@@H](C)C2)(c2ccccc2)CC1. The molecular formula is C23H30N2O4. The van der Waals surface area contributed by atoms with Crippen molar-refractivity contribution in [3.05, 3.63) is 48.6 Å². The molecule has 0 saturated carbocycles. The number of hydrogen-bond acceptors (Lipinski definition) is 4. The van der Waals surface area contributed by atoms with Crippen LogP contribution in [0, 0.1) is 11.8 Å². The van der Waals surface area contributed by atoms with E-state index in [0.29, 0.717) is 45.4 Å². The minimum atomic E-state index is -0.642. The van der Waals surface area contributed by atoms with Crippen molar-refractivity contribution in [2.75, 3.05) is 33.3 Å². The molecule has 2 saturated heterocycles. The molecule has 2 fully saturated rings. The Labute approximate surface area is 172 Å². The Morgan fingerprint density at radius 3 is 2.31 bits per heavy atom. The number of amides is 2. The first-order valence-electron chi connectivity index (χ1n) is 10.3. The van der Waals surface area contributed by atoms with Crippen molar-refractivity contribution in [2.45, 2.75) is 31.6 Å². The molecule has 0 radical (unpaired) electrons. The smallest absolute Gasteiger partial charge is 0.309 e. The maximum absolute atomic E-state index is 13.8. The number of carbonyl (C=O) groups is 3. The summed E-state index contributed by atoms with van der Waals surface area (Å²) in [4.78, 5) is 41.5. The molecule has 2 aliphatic heterocycles. The van der Waals surface area contributed by atoms with Gasteiger partial charge in [-0.05, 0) is 36.8 Å². The summed E-state index contributed by atoms with van der Waals surface area (Å²) >= 11 is 0. The molecule has 6 nitrogen and oxygen atoms in total. The zero-order valence-electron chi connectivity index (χ0n) is 17.3. The molecule has 0 unspecified atom stereocenters. The van der Waals surface area contributed by atoms with Crippen LogP contribution in [-0.4, -0.2) is 60.9 Å². The standard InChI is InChI=1S/C23H30N2O4/c1-4-20(26)24-14-11-23(12-15-24,18-8-6-5-7-9-18)22(28)25-13-10-19(17(2)16-25)21(27)29-3/h4-9,17,19H,1,10-16H2,2-3H3/t17-,19+/m0/s1. The average molecular weight is 399 g/mol. The third kappa shape index (κ3) is 4.07. The molecule has 2 amide bonds. The van der Waals surface area contributed by atoms with Crippen LogP contribution >= 0.6 is 0 Å². The number of nitrogens with zero attached hydrogens (tertiary/aromatic N) is 2. The lowest BCUT2D eigenvalue weighted by Gasteiger charge is -2.45. The summed E-state index contributed by atoms with van der Waals surface area (Å²) in [6, 6.07) is 9.87. The van der Waals surface area contributed by atoms with Crippen LogP contribution in [0.4, 0.5) is 0 Å². The number of carbonyl (C=O) groups excluding carboxylic acids is 3. The lowest BCUT2D eigenvalue weighted by molar-refractivity contribution is -0.153. The molecule has 156 valence electrons. The van der Waals surface area contributed by atoms with Crippen LogP contribution in [0.3, 0.4) is 0 Å². The van der Waals surface area contributed by atoms with Gasteiger partial charge in [0.2, 0.25) is 11.8 Å². The van der Waals surface area contributed by atoms with E-state index in [1.807, 2.05) is 42.2 Å². The summed E-state index contributed by atoms with van der Waals surface area (Å²) in [6.45, 7) is 7.72. The number of ether oxygens (including phenoxy) is 1. The van der Waals surface area contributed by atoms with Crippen molar-refractivity contribution in [1.82, 2.24) is 9.80 Å². The summed E-state index contributed by atoms with van der Waals surface area (Å²) < 4.78 is 4.92. The van der Waals surface area contributed by atoms with Gasteiger partial charge in [0.1, 0.15) is 0 Å². The molecule has 0 aromatic heterocycles. The van der Waals surface area contributed by atoms with E-state index in [1.54, 1.807) is 4.90 Å². The first-order valence-corrected chi connectivity index (χ1v) is 10.3. The molecule has 1 aromatic rings. The molecule has 1 aromatic carbocycles. The fourth-order valence-corrected chi connectivity index (χ4v) is 4.76. The Kier molecular flexibility index (Phi) is 6.40. The van der Waals surface area contributed by atoms with Crippen LogP contribution in [0.2, 0.25) is 0 Å². The molecule has 2 heterocycles. The predicted molar refractivity (Wildman–Crippen MR) is 110 cm³/mol. The van der Waals surface area contributed by atoms with Gasteiger partial charge in [-0.15, -0.1) is 0 Å². The van der Waals surface area contributed by atoms with Crippen molar-refractivity contribution < 1.29 is 19.1 Å². The first-order chi connectivity index (χ1) is 13.9. The van der Waals surface area contributed by atoms with Crippen molar-refractivity contribution in [1.29, 1.82) is 0 Å². The lowest BCUT2D eigenvalue weighted by Crippen LogP contribution is -2.56. The van der Waals surface area contributed by atoms with Crippen LogP contribution in [0.25, 0.3) is 0 Å².